The lowest BCUT2D eigenvalue weighted by Gasteiger charge is -2.43. The summed E-state index contributed by atoms with van der Waals surface area (Å²) in [6.07, 6.45) is 2.54. The fraction of sp³-hybridized carbons (Fsp3) is 0.625. The van der Waals surface area contributed by atoms with Gasteiger partial charge in [0, 0.05) is 37.6 Å². The van der Waals surface area contributed by atoms with Crippen molar-refractivity contribution in [3.05, 3.63) is 35.4 Å². The van der Waals surface area contributed by atoms with Gasteiger partial charge in [0.1, 0.15) is 0 Å². The van der Waals surface area contributed by atoms with Gasteiger partial charge >= 0.3 is 0 Å². The van der Waals surface area contributed by atoms with E-state index >= 15 is 0 Å². The summed E-state index contributed by atoms with van der Waals surface area (Å²) in [6.45, 7) is 8.22. The van der Waals surface area contributed by atoms with Crippen LogP contribution in [0.2, 0.25) is 0 Å². The van der Waals surface area contributed by atoms with Gasteiger partial charge in [0.15, 0.2) is 0 Å². The fourth-order valence-corrected chi connectivity index (χ4v) is 3.47. The molecule has 3 atom stereocenters. The van der Waals surface area contributed by atoms with E-state index in [9.17, 15) is 0 Å². The first-order chi connectivity index (χ1) is 8.78. The topological polar surface area (TPSA) is 15.3 Å². The van der Waals surface area contributed by atoms with E-state index in [1.165, 1.54) is 25.9 Å². The van der Waals surface area contributed by atoms with Crippen LogP contribution < -0.4 is 5.32 Å². The van der Waals surface area contributed by atoms with Gasteiger partial charge in [-0.2, -0.15) is 0 Å². The summed E-state index contributed by atoms with van der Waals surface area (Å²) in [6, 6.07) is 10.3. The number of rotatable bonds is 3. The van der Waals surface area contributed by atoms with E-state index in [0.29, 0.717) is 6.04 Å². The molecule has 2 nitrogen and oxygen atoms in total. The predicted molar refractivity (Wildman–Crippen MR) is 76.0 cm³/mol. The molecule has 1 aliphatic carbocycles. The van der Waals surface area contributed by atoms with Crippen LogP contribution >= 0.6 is 0 Å². The number of piperazine rings is 1. The zero-order valence-corrected chi connectivity index (χ0v) is 11.5. The molecule has 1 aromatic rings. The van der Waals surface area contributed by atoms with Crippen molar-refractivity contribution < 1.29 is 0 Å². The van der Waals surface area contributed by atoms with Gasteiger partial charge in [-0.15, -0.1) is 0 Å². The van der Waals surface area contributed by atoms with Crippen LogP contribution in [0.4, 0.5) is 0 Å². The molecule has 3 unspecified atom stereocenters. The van der Waals surface area contributed by atoms with Crippen LogP contribution in [0.5, 0.6) is 0 Å². The van der Waals surface area contributed by atoms with Gasteiger partial charge in [0.2, 0.25) is 0 Å². The largest absolute Gasteiger partial charge is 0.311 e. The van der Waals surface area contributed by atoms with Crippen molar-refractivity contribution in [2.24, 2.45) is 0 Å². The average Bonchev–Trinajstić information content (AvgIpc) is 2.36. The number of fused-ring (bicyclic) bond motifs is 1. The van der Waals surface area contributed by atoms with Crippen LogP contribution in [-0.4, -0.2) is 36.6 Å². The lowest BCUT2D eigenvalue weighted by atomic mass is 9.77. The number of hydrogen-bond donors (Lipinski definition) is 1. The number of nitrogens with one attached hydrogen (secondary N) is 1. The standard InChI is InChI=1S/C16H24N2/c1-3-15-9-17-12(2)10-18(15)11-14-8-13-6-4-5-7-16(13)14/h4-7,12,14-15,17H,3,8-11H2,1-2H3. The Hall–Kier alpha value is -0.860. The molecule has 0 aromatic heterocycles. The average molecular weight is 244 g/mol. The van der Waals surface area contributed by atoms with Crippen molar-refractivity contribution in [3.63, 3.8) is 0 Å². The minimum atomic E-state index is 0.642. The first-order valence-electron chi connectivity index (χ1n) is 7.33. The smallest absolute Gasteiger partial charge is 0.0219 e. The van der Waals surface area contributed by atoms with Gasteiger partial charge in [-0.25, -0.2) is 0 Å². The van der Waals surface area contributed by atoms with Gasteiger partial charge in [-0.05, 0) is 30.9 Å². The van der Waals surface area contributed by atoms with E-state index < -0.39 is 0 Å². The summed E-state index contributed by atoms with van der Waals surface area (Å²) in [4.78, 5) is 2.71. The lowest BCUT2D eigenvalue weighted by Crippen LogP contribution is -2.56. The van der Waals surface area contributed by atoms with Gasteiger partial charge < -0.3 is 5.32 Å². The summed E-state index contributed by atoms with van der Waals surface area (Å²) in [5.74, 6) is 0.778. The van der Waals surface area contributed by atoms with Crippen molar-refractivity contribution in [1.29, 1.82) is 0 Å². The monoisotopic (exact) mass is 244 g/mol. The van der Waals surface area contributed by atoms with Crippen LogP contribution in [0.15, 0.2) is 24.3 Å². The Morgan fingerprint density at radius 2 is 2.17 bits per heavy atom. The Balaban J connectivity index is 1.66. The zero-order chi connectivity index (χ0) is 12.5. The lowest BCUT2D eigenvalue weighted by molar-refractivity contribution is 0.120. The number of benzene rings is 1. The van der Waals surface area contributed by atoms with E-state index in [2.05, 4.69) is 48.3 Å². The molecule has 0 spiro atoms. The van der Waals surface area contributed by atoms with Gasteiger partial charge in [-0.3, -0.25) is 4.90 Å². The molecule has 1 aliphatic heterocycles. The van der Waals surface area contributed by atoms with E-state index in [1.807, 2.05) is 0 Å². The molecule has 0 radical (unpaired) electrons. The molecule has 0 saturated carbocycles. The molecule has 1 fully saturated rings. The number of hydrogen-bond acceptors (Lipinski definition) is 2. The summed E-state index contributed by atoms with van der Waals surface area (Å²) in [7, 11) is 0. The molecule has 1 aromatic carbocycles. The molecular weight excluding hydrogens is 220 g/mol. The minimum Gasteiger partial charge on any atom is -0.311 e. The third kappa shape index (κ3) is 2.19. The van der Waals surface area contributed by atoms with E-state index in [0.717, 1.165) is 18.5 Å². The fourth-order valence-electron chi connectivity index (χ4n) is 3.47. The summed E-state index contributed by atoms with van der Waals surface area (Å²) in [5.41, 5.74) is 3.16. The molecule has 1 N–H and O–H groups in total. The maximum absolute atomic E-state index is 3.60. The molecule has 1 saturated heterocycles. The Morgan fingerprint density at radius 3 is 2.94 bits per heavy atom. The normalized spacial score (nSPS) is 31.8. The third-order valence-electron chi connectivity index (χ3n) is 4.61. The Kier molecular flexibility index (Phi) is 3.40. The van der Waals surface area contributed by atoms with E-state index in [4.69, 9.17) is 0 Å². The van der Waals surface area contributed by atoms with Crippen molar-refractivity contribution in [2.75, 3.05) is 19.6 Å². The van der Waals surface area contributed by atoms with E-state index in [-0.39, 0.29) is 0 Å². The Bertz CT molecular complexity index is 415. The van der Waals surface area contributed by atoms with Crippen LogP contribution in [0.25, 0.3) is 0 Å². The summed E-state index contributed by atoms with van der Waals surface area (Å²) < 4.78 is 0. The molecule has 2 aliphatic rings. The third-order valence-corrected chi connectivity index (χ3v) is 4.61. The highest BCUT2D eigenvalue weighted by atomic mass is 15.2. The second-order valence-electron chi connectivity index (χ2n) is 5.93. The Morgan fingerprint density at radius 1 is 1.33 bits per heavy atom. The summed E-state index contributed by atoms with van der Waals surface area (Å²) in [5, 5.41) is 3.60. The molecule has 98 valence electrons. The number of nitrogens with zero attached hydrogens (tertiary/aromatic N) is 1. The molecule has 18 heavy (non-hydrogen) atoms. The van der Waals surface area contributed by atoms with Crippen molar-refractivity contribution >= 4 is 0 Å². The maximum atomic E-state index is 3.60. The molecule has 1 heterocycles. The second-order valence-corrected chi connectivity index (χ2v) is 5.93. The summed E-state index contributed by atoms with van der Waals surface area (Å²) >= 11 is 0. The highest BCUT2D eigenvalue weighted by molar-refractivity contribution is 5.40. The van der Waals surface area contributed by atoms with Crippen LogP contribution in [0, 0.1) is 0 Å². The van der Waals surface area contributed by atoms with E-state index in [1.54, 1.807) is 11.1 Å². The van der Waals surface area contributed by atoms with Crippen LogP contribution in [0.1, 0.15) is 37.3 Å². The maximum Gasteiger partial charge on any atom is 0.0219 e. The predicted octanol–water partition coefficient (Wildman–Crippen LogP) is 2.40. The van der Waals surface area contributed by atoms with Crippen molar-refractivity contribution in [1.82, 2.24) is 10.2 Å². The van der Waals surface area contributed by atoms with Gasteiger partial charge in [-0.1, -0.05) is 31.2 Å². The quantitative estimate of drug-likeness (QED) is 0.878. The molecule has 3 rings (SSSR count). The molecule has 0 bridgehead atoms. The highest BCUT2D eigenvalue weighted by Gasteiger charge is 2.31. The highest BCUT2D eigenvalue weighted by Crippen LogP contribution is 2.36. The molecular formula is C16H24N2. The minimum absolute atomic E-state index is 0.642. The van der Waals surface area contributed by atoms with Crippen molar-refractivity contribution in [2.45, 2.75) is 44.7 Å². The molecule has 2 heteroatoms. The SMILES string of the molecule is CCC1CNC(C)CN1CC1Cc2ccccc21. The van der Waals surface area contributed by atoms with Crippen LogP contribution in [-0.2, 0) is 6.42 Å². The van der Waals surface area contributed by atoms with Crippen molar-refractivity contribution in [3.8, 4) is 0 Å². The first kappa shape index (κ1) is 12.2. The van der Waals surface area contributed by atoms with Crippen LogP contribution in [0.3, 0.4) is 0 Å². The van der Waals surface area contributed by atoms with Gasteiger partial charge in [0.25, 0.3) is 0 Å². The Labute approximate surface area is 110 Å². The van der Waals surface area contributed by atoms with Gasteiger partial charge in [0.05, 0.1) is 0 Å². The zero-order valence-electron chi connectivity index (χ0n) is 11.5. The second kappa shape index (κ2) is 5.02. The first-order valence-corrected chi connectivity index (χ1v) is 7.33. The molecule has 0 amide bonds.